The van der Waals surface area contributed by atoms with Gasteiger partial charge in [-0.25, -0.2) is 0 Å². The molecule has 98 valence electrons. The third-order valence-electron chi connectivity index (χ3n) is 3.31. The van der Waals surface area contributed by atoms with Crippen molar-refractivity contribution in [2.45, 2.75) is 25.9 Å². The van der Waals surface area contributed by atoms with E-state index < -0.39 is 0 Å². The van der Waals surface area contributed by atoms with Crippen molar-refractivity contribution in [2.24, 2.45) is 5.73 Å². The Bertz CT molecular complexity index is 683. The Kier molecular flexibility index (Phi) is 3.36. The highest BCUT2D eigenvalue weighted by molar-refractivity contribution is 7.17. The maximum atomic E-state index is 6.39. The van der Waals surface area contributed by atoms with Gasteiger partial charge in [0.2, 0.25) is 0 Å². The number of nitrogens with zero attached hydrogens (tertiary/aromatic N) is 2. The van der Waals surface area contributed by atoms with Crippen molar-refractivity contribution in [3.05, 3.63) is 53.2 Å². The summed E-state index contributed by atoms with van der Waals surface area (Å²) in [5.74, 6) is 0. The second-order valence-corrected chi connectivity index (χ2v) is 5.61. The van der Waals surface area contributed by atoms with Crippen molar-refractivity contribution in [3.8, 4) is 0 Å². The molecule has 1 atom stereocenters. The summed E-state index contributed by atoms with van der Waals surface area (Å²) in [5, 5.41) is 7.77. The number of aromatic nitrogens is 2. The third kappa shape index (κ3) is 2.29. The fourth-order valence-electron chi connectivity index (χ4n) is 2.31. The summed E-state index contributed by atoms with van der Waals surface area (Å²) in [7, 11) is 0. The van der Waals surface area contributed by atoms with Gasteiger partial charge in [0.15, 0.2) is 0 Å². The van der Waals surface area contributed by atoms with E-state index in [0.29, 0.717) is 0 Å². The lowest BCUT2D eigenvalue weighted by atomic mass is 10.0. The van der Waals surface area contributed by atoms with E-state index in [1.807, 2.05) is 10.9 Å². The minimum atomic E-state index is -0.0956. The van der Waals surface area contributed by atoms with Crippen LogP contribution in [0.25, 0.3) is 10.1 Å². The Morgan fingerprint density at radius 1 is 1.37 bits per heavy atom. The van der Waals surface area contributed by atoms with Crippen molar-refractivity contribution < 1.29 is 0 Å². The van der Waals surface area contributed by atoms with Gasteiger partial charge in [0.25, 0.3) is 0 Å². The average Bonchev–Trinajstić information content (AvgIpc) is 3.05. The number of fused-ring (bicyclic) bond motifs is 1. The lowest BCUT2D eigenvalue weighted by Gasteiger charge is -2.08. The first-order valence-corrected chi connectivity index (χ1v) is 7.41. The van der Waals surface area contributed by atoms with Gasteiger partial charge < -0.3 is 5.73 Å². The molecule has 2 aromatic heterocycles. The van der Waals surface area contributed by atoms with Crippen LogP contribution in [0.3, 0.4) is 0 Å². The molecule has 0 radical (unpaired) electrons. The topological polar surface area (TPSA) is 43.8 Å². The molecule has 0 bridgehead atoms. The number of aryl methyl sites for hydroxylation is 1. The summed E-state index contributed by atoms with van der Waals surface area (Å²) < 4.78 is 3.25. The molecule has 0 aliphatic carbocycles. The molecule has 0 saturated heterocycles. The van der Waals surface area contributed by atoms with Crippen LogP contribution in [-0.4, -0.2) is 9.78 Å². The van der Waals surface area contributed by atoms with Crippen molar-refractivity contribution >= 4 is 21.4 Å². The van der Waals surface area contributed by atoms with Gasteiger partial charge in [-0.1, -0.05) is 25.1 Å². The van der Waals surface area contributed by atoms with Gasteiger partial charge in [0.05, 0.1) is 12.2 Å². The molecule has 0 aliphatic heterocycles. The predicted molar refractivity (Wildman–Crippen MR) is 80.4 cm³/mol. The van der Waals surface area contributed by atoms with Crippen molar-refractivity contribution in [3.63, 3.8) is 0 Å². The second kappa shape index (κ2) is 5.15. The Labute approximate surface area is 116 Å². The van der Waals surface area contributed by atoms with Crippen LogP contribution in [0.2, 0.25) is 0 Å². The molecular formula is C15H17N3S. The van der Waals surface area contributed by atoms with E-state index in [1.54, 1.807) is 11.3 Å². The normalized spacial score (nSPS) is 12.9. The van der Waals surface area contributed by atoms with Crippen molar-refractivity contribution in [1.29, 1.82) is 0 Å². The molecular weight excluding hydrogens is 254 g/mol. The molecule has 4 heteroatoms. The monoisotopic (exact) mass is 271 g/mol. The predicted octanol–water partition coefficient (Wildman–Crippen LogP) is 3.56. The van der Waals surface area contributed by atoms with Gasteiger partial charge >= 0.3 is 0 Å². The van der Waals surface area contributed by atoms with Crippen LogP contribution in [0.4, 0.5) is 0 Å². The summed E-state index contributed by atoms with van der Waals surface area (Å²) in [6, 6.07) is 8.30. The average molecular weight is 271 g/mol. The first kappa shape index (κ1) is 12.4. The molecule has 2 N–H and O–H groups in total. The second-order valence-electron chi connectivity index (χ2n) is 4.70. The SMILES string of the molecule is CCCn1cc(C(N)c2csc3ccccc23)cn1. The third-order valence-corrected chi connectivity index (χ3v) is 4.29. The van der Waals surface area contributed by atoms with Gasteiger partial charge in [-0.2, -0.15) is 5.10 Å². The van der Waals surface area contributed by atoms with E-state index in [0.717, 1.165) is 18.5 Å². The molecule has 1 aromatic carbocycles. The Morgan fingerprint density at radius 2 is 2.21 bits per heavy atom. The summed E-state index contributed by atoms with van der Waals surface area (Å²) in [5.41, 5.74) is 8.66. The lowest BCUT2D eigenvalue weighted by Crippen LogP contribution is -2.10. The van der Waals surface area contributed by atoms with Crippen LogP contribution in [0.1, 0.15) is 30.5 Å². The first-order chi connectivity index (χ1) is 9.29. The summed E-state index contributed by atoms with van der Waals surface area (Å²) >= 11 is 1.75. The highest BCUT2D eigenvalue weighted by Crippen LogP contribution is 2.31. The van der Waals surface area contributed by atoms with E-state index in [4.69, 9.17) is 5.73 Å². The molecule has 0 amide bonds. The van der Waals surface area contributed by atoms with Crippen LogP contribution in [0.15, 0.2) is 42.0 Å². The van der Waals surface area contributed by atoms with Gasteiger partial charge in [0.1, 0.15) is 0 Å². The first-order valence-electron chi connectivity index (χ1n) is 6.53. The number of benzene rings is 1. The van der Waals surface area contributed by atoms with Crippen LogP contribution in [-0.2, 0) is 6.54 Å². The molecule has 2 heterocycles. The van der Waals surface area contributed by atoms with E-state index in [9.17, 15) is 0 Å². The Morgan fingerprint density at radius 3 is 3.05 bits per heavy atom. The van der Waals surface area contributed by atoms with Gasteiger partial charge in [-0.3, -0.25) is 4.68 Å². The summed E-state index contributed by atoms with van der Waals surface area (Å²) in [6.07, 6.45) is 5.02. The van der Waals surface area contributed by atoms with Crippen LogP contribution < -0.4 is 5.73 Å². The minimum Gasteiger partial charge on any atom is -0.320 e. The van der Waals surface area contributed by atoms with Crippen molar-refractivity contribution in [1.82, 2.24) is 9.78 Å². The molecule has 0 aliphatic rings. The smallest absolute Gasteiger partial charge is 0.0597 e. The molecule has 19 heavy (non-hydrogen) atoms. The highest BCUT2D eigenvalue weighted by atomic mass is 32.1. The van der Waals surface area contributed by atoms with Gasteiger partial charge in [-0.15, -0.1) is 11.3 Å². The fourth-order valence-corrected chi connectivity index (χ4v) is 3.31. The lowest BCUT2D eigenvalue weighted by molar-refractivity contribution is 0.602. The van der Waals surface area contributed by atoms with Gasteiger partial charge in [0, 0.05) is 23.0 Å². The highest BCUT2D eigenvalue weighted by Gasteiger charge is 2.15. The molecule has 0 fully saturated rings. The molecule has 1 unspecified atom stereocenters. The molecule has 3 rings (SSSR count). The van der Waals surface area contributed by atoms with E-state index in [-0.39, 0.29) is 6.04 Å². The number of hydrogen-bond donors (Lipinski definition) is 1. The van der Waals surface area contributed by atoms with Gasteiger partial charge in [-0.05, 0) is 28.8 Å². The molecule has 3 nitrogen and oxygen atoms in total. The van der Waals surface area contributed by atoms with Crippen LogP contribution in [0, 0.1) is 0 Å². The van der Waals surface area contributed by atoms with Crippen LogP contribution >= 0.6 is 11.3 Å². The zero-order valence-corrected chi connectivity index (χ0v) is 11.7. The largest absolute Gasteiger partial charge is 0.320 e. The maximum absolute atomic E-state index is 6.39. The van der Waals surface area contributed by atoms with Crippen LogP contribution in [0.5, 0.6) is 0 Å². The molecule has 3 aromatic rings. The Balaban J connectivity index is 1.96. The Hall–Kier alpha value is -1.65. The number of rotatable bonds is 4. The standard InChI is InChI=1S/C15H17N3S/c1-2-7-18-9-11(8-17-18)15(16)13-10-19-14-6-4-3-5-12(13)14/h3-6,8-10,15H,2,7,16H2,1H3. The maximum Gasteiger partial charge on any atom is 0.0597 e. The zero-order valence-electron chi connectivity index (χ0n) is 10.9. The zero-order chi connectivity index (χ0) is 13.2. The molecule has 0 spiro atoms. The van der Waals surface area contributed by atoms with E-state index in [1.165, 1.54) is 15.6 Å². The minimum absolute atomic E-state index is 0.0956. The quantitative estimate of drug-likeness (QED) is 0.788. The number of nitrogens with two attached hydrogens (primary N) is 1. The summed E-state index contributed by atoms with van der Waals surface area (Å²) in [6.45, 7) is 3.09. The van der Waals surface area contributed by atoms with E-state index >= 15 is 0 Å². The fraction of sp³-hybridized carbons (Fsp3) is 0.267. The van der Waals surface area contributed by atoms with E-state index in [2.05, 4.69) is 47.9 Å². The van der Waals surface area contributed by atoms with Crippen molar-refractivity contribution in [2.75, 3.05) is 0 Å². The molecule has 0 saturated carbocycles. The number of hydrogen-bond acceptors (Lipinski definition) is 3. The number of thiophene rings is 1. The summed E-state index contributed by atoms with van der Waals surface area (Å²) in [4.78, 5) is 0.